The predicted octanol–water partition coefficient (Wildman–Crippen LogP) is 3.43. The third-order valence-corrected chi connectivity index (χ3v) is 4.22. The van der Waals surface area contributed by atoms with Gasteiger partial charge in [-0.2, -0.15) is 0 Å². The molecule has 0 radical (unpaired) electrons. The molecule has 1 aromatic heterocycles. The summed E-state index contributed by atoms with van der Waals surface area (Å²) in [6.45, 7) is 10.4. The summed E-state index contributed by atoms with van der Waals surface area (Å²) in [6.07, 6.45) is 1.82. The number of benzene rings is 1. The standard InChI is InChI=1S/C18H24FN3O/c1-18(2,3)16-12-20-17(23-16)13-21-8-10-22(11-9-21)15-7-5-4-6-14(15)19/h4-7,12H,8-11,13H2,1-3H3. The van der Waals surface area contributed by atoms with E-state index in [1.165, 1.54) is 6.07 Å². The second-order valence-electron chi connectivity index (χ2n) is 7.08. The molecule has 2 heterocycles. The number of aromatic nitrogens is 1. The Labute approximate surface area is 136 Å². The monoisotopic (exact) mass is 317 g/mol. The lowest BCUT2D eigenvalue weighted by Gasteiger charge is -2.35. The Morgan fingerprint density at radius 3 is 2.43 bits per heavy atom. The van der Waals surface area contributed by atoms with Crippen molar-refractivity contribution in [1.29, 1.82) is 0 Å². The van der Waals surface area contributed by atoms with Crippen molar-refractivity contribution in [2.75, 3.05) is 31.1 Å². The summed E-state index contributed by atoms with van der Waals surface area (Å²) in [7, 11) is 0. The fourth-order valence-electron chi connectivity index (χ4n) is 2.78. The van der Waals surface area contributed by atoms with Gasteiger partial charge in [0.1, 0.15) is 11.6 Å². The van der Waals surface area contributed by atoms with Crippen LogP contribution in [0.4, 0.5) is 10.1 Å². The molecule has 23 heavy (non-hydrogen) atoms. The lowest BCUT2D eigenvalue weighted by molar-refractivity contribution is 0.220. The van der Waals surface area contributed by atoms with Gasteiger partial charge in [0.2, 0.25) is 5.89 Å². The molecule has 1 aliphatic heterocycles. The highest BCUT2D eigenvalue weighted by molar-refractivity contribution is 5.47. The topological polar surface area (TPSA) is 32.5 Å². The van der Waals surface area contributed by atoms with E-state index in [-0.39, 0.29) is 11.2 Å². The molecule has 124 valence electrons. The van der Waals surface area contributed by atoms with Gasteiger partial charge in [0, 0.05) is 31.6 Å². The lowest BCUT2D eigenvalue weighted by Crippen LogP contribution is -2.46. The first-order chi connectivity index (χ1) is 10.9. The van der Waals surface area contributed by atoms with Crippen LogP contribution >= 0.6 is 0 Å². The normalized spacial score (nSPS) is 16.8. The summed E-state index contributed by atoms with van der Waals surface area (Å²) in [4.78, 5) is 8.79. The van der Waals surface area contributed by atoms with Crippen molar-refractivity contribution < 1.29 is 8.81 Å². The van der Waals surface area contributed by atoms with E-state index in [2.05, 4.69) is 35.6 Å². The number of nitrogens with zero attached hydrogens (tertiary/aromatic N) is 3. The second-order valence-corrected chi connectivity index (χ2v) is 7.08. The van der Waals surface area contributed by atoms with Crippen LogP contribution in [-0.2, 0) is 12.0 Å². The van der Waals surface area contributed by atoms with Crippen LogP contribution in [0.5, 0.6) is 0 Å². The van der Waals surface area contributed by atoms with E-state index in [1.807, 2.05) is 18.3 Å². The Balaban J connectivity index is 1.57. The maximum Gasteiger partial charge on any atom is 0.208 e. The SMILES string of the molecule is CC(C)(C)c1cnc(CN2CCN(c3ccccc3F)CC2)o1. The average Bonchev–Trinajstić information content (AvgIpc) is 2.97. The number of hydrogen-bond acceptors (Lipinski definition) is 4. The summed E-state index contributed by atoms with van der Waals surface area (Å²) in [6, 6.07) is 6.97. The summed E-state index contributed by atoms with van der Waals surface area (Å²) in [5.74, 6) is 1.52. The summed E-state index contributed by atoms with van der Waals surface area (Å²) in [5.41, 5.74) is 0.674. The van der Waals surface area contributed by atoms with Gasteiger partial charge < -0.3 is 9.32 Å². The molecule has 3 rings (SSSR count). The molecule has 0 amide bonds. The molecular formula is C18H24FN3O. The molecule has 0 N–H and O–H groups in total. The van der Waals surface area contributed by atoms with Gasteiger partial charge in [0.25, 0.3) is 0 Å². The van der Waals surface area contributed by atoms with Crippen LogP contribution in [0.1, 0.15) is 32.4 Å². The highest BCUT2D eigenvalue weighted by Gasteiger charge is 2.23. The quantitative estimate of drug-likeness (QED) is 0.868. The summed E-state index contributed by atoms with van der Waals surface area (Å²) < 4.78 is 19.7. The molecule has 0 atom stereocenters. The fourth-order valence-corrected chi connectivity index (χ4v) is 2.78. The van der Waals surface area contributed by atoms with Crippen LogP contribution in [0.2, 0.25) is 0 Å². The van der Waals surface area contributed by atoms with Crippen LogP contribution in [0, 0.1) is 5.82 Å². The predicted molar refractivity (Wildman–Crippen MR) is 89.1 cm³/mol. The Morgan fingerprint density at radius 1 is 1.13 bits per heavy atom. The number of rotatable bonds is 3. The van der Waals surface area contributed by atoms with Crippen molar-refractivity contribution in [3.63, 3.8) is 0 Å². The first-order valence-corrected chi connectivity index (χ1v) is 8.10. The molecule has 1 aromatic carbocycles. The number of hydrogen-bond donors (Lipinski definition) is 0. The van der Waals surface area contributed by atoms with E-state index in [0.717, 1.165) is 37.8 Å². The van der Waals surface area contributed by atoms with Crippen LogP contribution in [-0.4, -0.2) is 36.1 Å². The molecule has 0 bridgehead atoms. The first-order valence-electron chi connectivity index (χ1n) is 8.10. The third-order valence-electron chi connectivity index (χ3n) is 4.22. The summed E-state index contributed by atoms with van der Waals surface area (Å²) in [5, 5.41) is 0. The summed E-state index contributed by atoms with van der Waals surface area (Å²) >= 11 is 0. The van der Waals surface area contributed by atoms with E-state index in [0.29, 0.717) is 12.2 Å². The Bertz CT molecular complexity index is 654. The van der Waals surface area contributed by atoms with E-state index in [4.69, 9.17) is 4.42 Å². The van der Waals surface area contributed by atoms with Gasteiger partial charge >= 0.3 is 0 Å². The van der Waals surface area contributed by atoms with E-state index < -0.39 is 0 Å². The maximum atomic E-state index is 13.9. The molecule has 1 fully saturated rings. The van der Waals surface area contributed by atoms with Crippen molar-refractivity contribution in [2.24, 2.45) is 0 Å². The molecular weight excluding hydrogens is 293 g/mol. The van der Waals surface area contributed by atoms with E-state index >= 15 is 0 Å². The van der Waals surface area contributed by atoms with Crippen molar-refractivity contribution >= 4 is 5.69 Å². The number of piperazine rings is 1. The highest BCUT2D eigenvalue weighted by atomic mass is 19.1. The first kappa shape index (κ1) is 16.0. The minimum atomic E-state index is -0.150. The molecule has 2 aromatic rings. The van der Waals surface area contributed by atoms with Crippen LogP contribution in [0.15, 0.2) is 34.9 Å². The Hall–Kier alpha value is -1.88. The molecule has 1 saturated heterocycles. The molecule has 0 saturated carbocycles. The Morgan fingerprint density at radius 2 is 1.83 bits per heavy atom. The van der Waals surface area contributed by atoms with Crippen molar-refractivity contribution in [1.82, 2.24) is 9.88 Å². The van der Waals surface area contributed by atoms with Gasteiger partial charge in [-0.05, 0) is 12.1 Å². The van der Waals surface area contributed by atoms with E-state index in [9.17, 15) is 4.39 Å². The van der Waals surface area contributed by atoms with Gasteiger partial charge in [-0.1, -0.05) is 32.9 Å². The third kappa shape index (κ3) is 3.72. The van der Waals surface area contributed by atoms with Crippen molar-refractivity contribution in [2.45, 2.75) is 32.7 Å². The number of oxazole rings is 1. The zero-order valence-corrected chi connectivity index (χ0v) is 14.1. The van der Waals surface area contributed by atoms with Crippen LogP contribution in [0.3, 0.4) is 0 Å². The maximum absolute atomic E-state index is 13.9. The molecule has 4 nitrogen and oxygen atoms in total. The fraction of sp³-hybridized carbons (Fsp3) is 0.500. The minimum Gasteiger partial charge on any atom is -0.444 e. The lowest BCUT2D eigenvalue weighted by atomic mass is 9.94. The largest absolute Gasteiger partial charge is 0.444 e. The van der Waals surface area contributed by atoms with Gasteiger partial charge in [0.05, 0.1) is 18.4 Å². The number of anilines is 1. The molecule has 5 heteroatoms. The number of halogens is 1. The van der Waals surface area contributed by atoms with Crippen LogP contribution < -0.4 is 4.90 Å². The van der Waals surface area contributed by atoms with Crippen LogP contribution in [0.25, 0.3) is 0 Å². The van der Waals surface area contributed by atoms with Crippen molar-refractivity contribution in [3.05, 3.63) is 47.9 Å². The van der Waals surface area contributed by atoms with Gasteiger partial charge in [-0.25, -0.2) is 9.37 Å². The smallest absolute Gasteiger partial charge is 0.208 e. The Kier molecular flexibility index (Phi) is 4.39. The van der Waals surface area contributed by atoms with Gasteiger partial charge in [0.15, 0.2) is 0 Å². The zero-order chi connectivity index (χ0) is 16.4. The van der Waals surface area contributed by atoms with Gasteiger partial charge in [-0.3, -0.25) is 4.90 Å². The van der Waals surface area contributed by atoms with Crippen molar-refractivity contribution in [3.8, 4) is 0 Å². The minimum absolute atomic E-state index is 0.0191. The van der Waals surface area contributed by atoms with Gasteiger partial charge in [-0.15, -0.1) is 0 Å². The molecule has 0 aliphatic carbocycles. The second kappa shape index (κ2) is 6.32. The van der Waals surface area contributed by atoms with E-state index in [1.54, 1.807) is 6.07 Å². The number of para-hydroxylation sites is 1. The average molecular weight is 317 g/mol. The zero-order valence-electron chi connectivity index (χ0n) is 14.1. The highest BCUT2D eigenvalue weighted by Crippen LogP contribution is 2.24. The molecule has 1 aliphatic rings. The molecule has 0 spiro atoms. The molecule has 0 unspecified atom stereocenters.